The first-order valence-corrected chi connectivity index (χ1v) is 12.4. The molecule has 9 nitrogen and oxygen atoms in total. The average Bonchev–Trinajstić information content (AvgIpc) is 3.47. The molecule has 0 radical (unpaired) electrons. The lowest BCUT2D eigenvalue weighted by atomic mass is 10.1. The molecule has 4 amide bonds. The predicted molar refractivity (Wildman–Crippen MR) is 142 cm³/mol. The van der Waals surface area contributed by atoms with E-state index in [9.17, 15) is 14.4 Å². The average molecular weight is 495 g/mol. The summed E-state index contributed by atoms with van der Waals surface area (Å²) in [5.74, 6) is -0.228. The highest BCUT2D eigenvalue weighted by atomic mass is 32.1. The topological polar surface area (TPSA) is 116 Å². The molecule has 1 saturated carbocycles. The summed E-state index contributed by atoms with van der Waals surface area (Å²) in [6, 6.07) is 0.901. The molecule has 2 atom stereocenters. The molecular formula is C25H30N6O3S. The van der Waals surface area contributed by atoms with Crippen molar-refractivity contribution in [2.24, 2.45) is 4.99 Å². The van der Waals surface area contributed by atoms with Crippen LogP contribution in [0.1, 0.15) is 49.7 Å². The largest absolute Gasteiger partial charge is 0.348 e. The number of aromatic nitrogens is 1. The molecule has 3 N–H and O–H groups in total. The molecule has 1 aliphatic heterocycles. The molecule has 35 heavy (non-hydrogen) atoms. The number of nitrogens with one attached hydrogen (secondary N) is 3. The third-order valence-corrected chi connectivity index (χ3v) is 6.66. The maximum absolute atomic E-state index is 13.2. The van der Waals surface area contributed by atoms with E-state index in [1.807, 2.05) is 20.8 Å². The number of anilines is 2. The van der Waals surface area contributed by atoms with E-state index in [1.54, 1.807) is 24.5 Å². The van der Waals surface area contributed by atoms with Gasteiger partial charge in [0.05, 0.1) is 16.8 Å². The third kappa shape index (κ3) is 5.17. The Kier molecular flexibility index (Phi) is 8.53. The summed E-state index contributed by atoms with van der Waals surface area (Å²) in [5.41, 5.74) is 1.00. The third-order valence-electron chi connectivity index (χ3n) is 5.57. The number of thiophene rings is 1. The van der Waals surface area contributed by atoms with Gasteiger partial charge in [0, 0.05) is 24.5 Å². The number of carbonyl (C=O) groups is 3. The maximum atomic E-state index is 13.2. The van der Waals surface area contributed by atoms with Crippen LogP contribution in [0.15, 0.2) is 54.8 Å². The monoisotopic (exact) mass is 494 g/mol. The minimum atomic E-state index is -0.442. The second-order valence-corrected chi connectivity index (χ2v) is 8.58. The summed E-state index contributed by atoms with van der Waals surface area (Å²) in [5, 5.41) is 9.40. The summed E-state index contributed by atoms with van der Waals surface area (Å²) in [4.78, 5) is 49.1. The van der Waals surface area contributed by atoms with Gasteiger partial charge in [0.15, 0.2) is 0 Å². The SMILES string of the molecule is C=CC(=O)NC1CCCC1NC(=O)c1sc2nccc3c2c1NC(=O)N3C(C=C)=N/C=C\C.CC. The molecule has 3 heterocycles. The van der Waals surface area contributed by atoms with Crippen LogP contribution in [0.2, 0.25) is 0 Å². The number of hydrogen-bond acceptors (Lipinski definition) is 6. The van der Waals surface area contributed by atoms with E-state index in [4.69, 9.17) is 0 Å². The van der Waals surface area contributed by atoms with Crippen LogP contribution in [0.4, 0.5) is 16.2 Å². The molecule has 1 aliphatic carbocycles. The van der Waals surface area contributed by atoms with Gasteiger partial charge in [-0.05, 0) is 44.4 Å². The highest BCUT2D eigenvalue weighted by molar-refractivity contribution is 7.21. The standard InChI is InChI=1S/C23H24N6O3S.C2H6/c1-4-11-24-16(5-2)29-15-10-12-25-22-18(15)19(28-23(29)32)20(33-22)21(31)27-14-9-7-8-13(14)26-17(30)6-3;1-2/h4-6,10-14H,2-3,7-9H2,1H3,(H,26,30)(H,27,31)(H,28,32);1-2H3/b11-4-,24-16?;. The summed E-state index contributed by atoms with van der Waals surface area (Å²) in [6.45, 7) is 13.1. The van der Waals surface area contributed by atoms with Gasteiger partial charge in [-0.15, -0.1) is 11.3 Å². The highest BCUT2D eigenvalue weighted by Gasteiger charge is 2.35. The van der Waals surface area contributed by atoms with Crippen molar-refractivity contribution in [3.63, 3.8) is 0 Å². The van der Waals surface area contributed by atoms with Crippen LogP contribution in [0.3, 0.4) is 0 Å². The molecule has 2 aromatic rings. The number of aliphatic imine (C=N–C) groups is 1. The van der Waals surface area contributed by atoms with Crippen LogP contribution in [0, 0.1) is 0 Å². The summed E-state index contributed by atoms with van der Waals surface area (Å²) < 4.78 is 0. The number of carbonyl (C=O) groups excluding carboxylic acids is 3. The molecule has 2 aliphatic rings. The van der Waals surface area contributed by atoms with Crippen molar-refractivity contribution in [2.45, 2.75) is 52.1 Å². The fourth-order valence-electron chi connectivity index (χ4n) is 4.11. The molecule has 10 heteroatoms. The van der Waals surface area contributed by atoms with Crippen molar-refractivity contribution in [2.75, 3.05) is 10.2 Å². The fourth-order valence-corrected chi connectivity index (χ4v) is 5.13. The van der Waals surface area contributed by atoms with Gasteiger partial charge >= 0.3 is 6.03 Å². The van der Waals surface area contributed by atoms with Gasteiger partial charge in [0.25, 0.3) is 5.91 Å². The van der Waals surface area contributed by atoms with Crippen molar-refractivity contribution < 1.29 is 14.4 Å². The zero-order chi connectivity index (χ0) is 25.5. The second kappa shape index (κ2) is 11.6. The fraction of sp³-hybridized carbons (Fsp3) is 0.320. The van der Waals surface area contributed by atoms with Crippen molar-refractivity contribution in [1.29, 1.82) is 0 Å². The van der Waals surface area contributed by atoms with E-state index in [2.05, 4.69) is 39.1 Å². The number of amides is 4. The summed E-state index contributed by atoms with van der Waals surface area (Å²) >= 11 is 1.21. The number of hydrogen-bond donors (Lipinski definition) is 3. The lowest BCUT2D eigenvalue weighted by Gasteiger charge is -2.28. The van der Waals surface area contributed by atoms with E-state index in [0.717, 1.165) is 19.3 Å². The second-order valence-electron chi connectivity index (χ2n) is 7.59. The normalized spacial score (nSPS) is 19.1. The van der Waals surface area contributed by atoms with E-state index in [-0.39, 0.29) is 23.9 Å². The van der Waals surface area contributed by atoms with Gasteiger partial charge in [0.1, 0.15) is 15.5 Å². The molecule has 2 aromatic heterocycles. The lowest BCUT2D eigenvalue weighted by Crippen LogP contribution is -2.48. The Balaban J connectivity index is 0.00000167. The van der Waals surface area contributed by atoms with Gasteiger partial charge in [-0.3, -0.25) is 9.59 Å². The quantitative estimate of drug-likeness (QED) is 0.305. The minimum absolute atomic E-state index is 0.165. The Morgan fingerprint density at radius 2 is 1.94 bits per heavy atom. The number of rotatable bonds is 6. The van der Waals surface area contributed by atoms with Gasteiger partial charge in [-0.1, -0.05) is 33.1 Å². The predicted octanol–water partition coefficient (Wildman–Crippen LogP) is 4.75. The number of nitrogens with zero attached hydrogens (tertiary/aromatic N) is 3. The number of amidine groups is 1. The molecule has 0 spiro atoms. The molecule has 0 bridgehead atoms. The first-order chi connectivity index (χ1) is 17.0. The van der Waals surface area contributed by atoms with Crippen LogP contribution in [0.5, 0.6) is 0 Å². The van der Waals surface area contributed by atoms with Gasteiger partial charge in [-0.2, -0.15) is 0 Å². The summed E-state index contributed by atoms with van der Waals surface area (Å²) in [6.07, 6.45) is 10.1. The van der Waals surface area contributed by atoms with Gasteiger partial charge in [0.2, 0.25) is 5.91 Å². The van der Waals surface area contributed by atoms with Crippen LogP contribution < -0.4 is 20.9 Å². The van der Waals surface area contributed by atoms with Crippen LogP contribution in [-0.4, -0.2) is 40.7 Å². The molecule has 0 saturated heterocycles. The minimum Gasteiger partial charge on any atom is -0.348 e. The number of allylic oxidation sites excluding steroid dienone is 1. The van der Waals surface area contributed by atoms with Crippen LogP contribution >= 0.6 is 11.3 Å². The lowest BCUT2D eigenvalue weighted by molar-refractivity contribution is -0.117. The number of pyridine rings is 1. The maximum Gasteiger partial charge on any atom is 0.332 e. The van der Waals surface area contributed by atoms with E-state index >= 15 is 0 Å². The molecule has 4 rings (SSSR count). The van der Waals surface area contributed by atoms with Crippen molar-refractivity contribution >= 4 is 56.6 Å². The zero-order valence-electron chi connectivity index (χ0n) is 20.1. The summed E-state index contributed by atoms with van der Waals surface area (Å²) in [7, 11) is 0. The number of urea groups is 1. The first kappa shape index (κ1) is 25.8. The Morgan fingerprint density at radius 3 is 2.60 bits per heavy atom. The van der Waals surface area contributed by atoms with Gasteiger partial charge < -0.3 is 16.0 Å². The van der Waals surface area contributed by atoms with Crippen molar-refractivity contribution in [1.82, 2.24) is 15.6 Å². The molecular weight excluding hydrogens is 464 g/mol. The first-order valence-electron chi connectivity index (χ1n) is 11.6. The highest BCUT2D eigenvalue weighted by Crippen LogP contribution is 2.43. The van der Waals surface area contributed by atoms with E-state index in [1.165, 1.54) is 28.4 Å². The van der Waals surface area contributed by atoms with Crippen molar-refractivity contribution in [3.05, 3.63) is 54.7 Å². The molecule has 2 unspecified atom stereocenters. The molecule has 184 valence electrons. The Hall–Kier alpha value is -3.79. The van der Waals surface area contributed by atoms with Crippen LogP contribution in [-0.2, 0) is 4.79 Å². The van der Waals surface area contributed by atoms with Crippen LogP contribution in [0.25, 0.3) is 10.2 Å². The molecule has 0 aromatic carbocycles. The van der Waals surface area contributed by atoms with E-state index < -0.39 is 6.03 Å². The van der Waals surface area contributed by atoms with Gasteiger partial charge in [-0.25, -0.2) is 19.7 Å². The molecule has 1 fully saturated rings. The Bertz CT molecular complexity index is 1220. The van der Waals surface area contributed by atoms with Crippen molar-refractivity contribution in [3.8, 4) is 0 Å². The smallest absolute Gasteiger partial charge is 0.332 e. The zero-order valence-corrected chi connectivity index (χ0v) is 20.9. The Labute approximate surface area is 208 Å². The Morgan fingerprint density at radius 1 is 1.23 bits per heavy atom. The van der Waals surface area contributed by atoms with E-state index in [0.29, 0.717) is 32.3 Å².